The third-order valence-corrected chi connectivity index (χ3v) is 1.96. The molecule has 0 unspecified atom stereocenters. The van der Waals surface area contributed by atoms with Gasteiger partial charge in [-0.1, -0.05) is 0 Å². The standard InChI is InChI=1S/B10H12.Li.H/c1-3-5-7-9-10-8-6-4-2;;/h3-10H,1-2H2;;. The molecule has 0 N–H and O–H groups in total. The van der Waals surface area contributed by atoms with Crippen LogP contribution in [0.5, 0.6) is 0 Å². The van der Waals surface area contributed by atoms with Crippen molar-refractivity contribution in [2.75, 3.05) is 0 Å². The maximum atomic E-state index is 2.27. The van der Waals surface area contributed by atoms with Crippen molar-refractivity contribution in [2.45, 2.75) is 0 Å². The predicted octanol–water partition coefficient (Wildman–Crippen LogP) is -7.67. The van der Waals surface area contributed by atoms with Crippen molar-refractivity contribution in [3.63, 3.8) is 0 Å². The van der Waals surface area contributed by atoms with Crippen molar-refractivity contribution in [2.24, 2.45) is 0 Å². The van der Waals surface area contributed by atoms with Crippen LogP contribution < -0.4 is 0 Å². The molecule has 0 rings (SSSR count). The first-order chi connectivity index (χ1) is 4.91. The molecule has 0 amide bonds. The van der Waals surface area contributed by atoms with Crippen LogP contribution in [0.1, 0.15) is 0 Å². The molecule has 0 saturated carbocycles. The van der Waals surface area contributed by atoms with Gasteiger partial charge in [0.15, 0.2) is 0 Å². The van der Waals surface area contributed by atoms with E-state index in [1.807, 2.05) is 0 Å². The Balaban J connectivity index is 0. The van der Waals surface area contributed by atoms with Crippen LogP contribution in [-0.2, 0) is 0 Å². The first-order valence-electron chi connectivity index (χ1n) is 4.91. The van der Waals surface area contributed by atoms with Crippen molar-refractivity contribution in [3.05, 3.63) is 0 Å². The van der Waals surface area contributed by atoms with Crippen molar-refractivity contribution < 1.29 is 0 Å². The molecule has 0 saturated heterocycles. The second-order valence-electron chi connectivity index (χ2n) is 3.12. The summed E-state index contributed by atoms with van der Waals surface area (Å²) in [4.78, 5) is 0. The summed E-state index contributed by atoms with van der Waals surface area (Å²) in [5, 5.41) is 0. The van der Waals surface area contributed by atoms with E-state index in [-0.39, 0.29) is 18.9 Å². The van der Waals surface area contributed by atoms with Crippen LogP contribution in [-0.4, -0.2) is 90.8 Å². The summed E-state index contributed by atoms with van der Waals surface area (Å²) in [6, 6.07) is 0. The third kappa shape index (κ3) is 14.1. The summed E-state index contributed by atoms with van der Waals surface area (Å²) in [5.74, 6) is 0. The minimum absolute atomic E-state index is 0. The molecular formula is H13B10Li. The average Bonchev–Trinajstić information content (AvgIpc) is 1.97. The molecule has 0 bridgehead atoms. The first-order valence-corrected chi connectivity index (χ1v) is 4.91. The van der Waals surface area contributed by atoms with E-state index < -0.39 is 0 Å². The molecule has 0 atom stereocenters. The topological polar surface area (TPSA) is 0 Å². The monoisotopic (exact) mass is 130 g/mol. The van der Waals surface area contributed by atoms with Crippen LogP contribution in [0.4, 0.5) is 0 Å². The molecule has 0 nitrogen and oxygen atoms in total. The van der Waals surface area contributed by atoms with Gasteiger partial charge in [-0.2, -0.15) is 0 Å². The SMILES string of the molecule is BBBBBBBBBB.[LiH]. The Morgan fingerprint density at radius 3 is 1.09 bits per heavy atom. The second kappa shape index (κ2) is 13.8. The summed E-state index contributed by atoms with van der Waals surface area (Å²) >= 11 is 0. The molecule has 0 radical (unpaired) electrons. The molecule has 0 aromatic heterocycles. The van der Waals surface area contributed by atoms with Gasteiger partial charge in [-0.25, -0.2) is 0 Å². The number of rotatable bonds is 7. The molecule has 11 heteroatoms. The van der Waals surface area contributed by atoms with Gasteiger partial charge in [-0.3, -0.25) is 0 Å². The molecule has 0 aliphatic rings. The van der Waals surface area contributed by atoms with Crippen molar-refractivity contribution >= 4 is 90.8 Å². The van der Waals surface area contributed by atoms with Gasteiger partial charge >= 0.3 is 18.9 Å². The van der Waals surface area contributed by atoms with Crippen molar-refractivity contribution in [1.82, 2.24) is 0 Å². The molecule has 0 aliphatic carbocycles. The molecule has 0 aliphatic heterocycles. The minimum atomic E-state index is 0. The van der Waals surface area contributed by atoms with Crippen molar-refractivity contribution in [1.29, 1.82) is 0 Å². The molecule has 44 valence electrons. The zero-order chi connectivity index (χ0) is 7.66. The molecule has 0 heterocycles. The van der Waals surface area contributed by atoms with Crippen LogP contribution >= 0.6 is 0 Å². The van der Waals surface area contributed by atoms with E-state index in [0.29, 0.717) is 0 Å². The summed E-state index contributed by atoms with van der Waals surface area (Å²) in [6.45, 7) is 0. The maximum absolute atomic E-state index is 2.27. The van der Waals surface area contributed by atoms with E-state index in [9.17, 15) is 0 Å². The van der Waals surface area contributed by atoms with Crippen molar-refractivity contribution in [3.8, 4) is 0 Å². The molecule has 0 spiro atoms. The van der Waals surface area contributed by atoms with Gasteiger partial charge in [0, 0.05) is 56.5 Å². The Morgan fingerprint density at radius 1 is 0.545 bits per heavy atom. The van der Waals surface area contributed by atoms with Gasteiger partial charge in [-0.15, -0.1) is 0 Å². The van der Waals surface area contributed by atoms with E-state index in [0.717, 1.165) is 0 Å². The van der Waals surface area contributed by atoms with E-state index in [2.05, 4.69) is 15.5 Å². The zero-order valence-electron chi connectivity index (χ0n) is 7.66. The van der Waals surface area contributed by atoms with Crippen LogP contribution in [0.25, 0.3) is 0 Å². The Hall–Kier alpha value is 1.25. The zero-order valence-corrected chi connectivity index (χ0v) is 7.66. The van der Waals surface area contributed by atoms with Gasteiger partial charge in [0.2, 0.25) is 0 Å². The van der Waals surface area contributed by atoms with E-state index >= 15 is 0 Å². The Bertz CT molecular complexity index is 44.8. The summed E-state index contributed by atoms with van der Waals surface area (Å²) in [5.41, 5.74) is 0. The quantitative estimate of drug-likeness (QED) is 0.236. The van der Waals surface area contributed by atoms with Crippen LogP contribution in [0.15, 0.2) is 0 Å². The van der Waals surface area contributed by atoms with Crippen LogP contribution in [0, 0.1) is 0 Å². The van der Waals surface area contributed by atoms with E-state index in [1.54, 1.807) is 0 Å². The Morgan fingerprint density at radius 2 is 0.818 bits per heavy atom. The van der Waals surface area contributed by atoms with Crippen LogP contribution in [0.3, 0.4) is 0 Å². The molecule has 0 fully saturated rings. The fourth-order valence-corrected chi connectivity index (χ4v) is 1.21. The van der Waals surface area contributed by atoms with Gasteiger partial charge < -0.3 is 0 Å². The van der Waals surface area contributed by atoms with Gasteiger partial charge in [-0.05, 0) is 0 Å². The Kier molecular flexibility index (Phi) is 18.5. The van der Waals surface area contributed by atoms with Crippen LogP contribution in [0.2, 0.25) is 0 Å². The summed E-state index contributed by atoms with van der Waals surface area (Å²) in [6.07, 6.45) is 0. The normalized spacial score (nSPS) is 6.18. The average molecular weight is 128 g/mol. The summed E-state index contributed by atoms with van der Waals surface area (Å²) in [7, 11) is 16.0. The Labute approximate surface area is 90.7 Å². The van der Waals surface area contributed by atoms with Gasteiger partial charge in [0.25, 0.3) is 0 Å². The van der Waals surface area contributed by atoms with Gasteiger partial charge in [0.1, 0.15) is 0 Å². The number of hydrogen-bond acceptors (Lipinski definition) is 0. The predicted molar refractivity (Wildman–Crippen MR) is 81.4 cm³/mol. The fraction of sp³-hybridized carbons (Fsp3) is 0. The first kappa shape index (κ1) is 14.8. The second-order valence-corrected chi connectivity index (χ2v) is 3.12. The number of hydrogen-bond donors (Lipinski definition) is 0. The molecule has 0 aromatic rings. The van der Waals surface area contributed by atoms with Gasteiger partial charge in [0.05, 0.1) is 15.5 Å². The molecule has 11 heavy (non-hydrogen) atoms. The fourth-order valence-electron chi connectivity index (χ4n) is 1.21. The summed E-state index contributed by atoms with van der Waals surface area (Å²) < 4.78 is 0. The molecule has 0 aromatic carbocycles. The molecular weight excluding hydrogens is 115 g/mol. The third-order valence-electron chi connectivity index (χ3n) is 1.96. The van der Waals surface area contributed by atoms with E-state index in [1.165, 1.54) is 56.5 Å². The van der Waals surface area contributed by atoms with E-state index in [4.69, 9.17) is 0 Å².